The summed E-state index contributed by atoms with van der Waals surface area (Å²) in [7, 11) is -2.08. The average Bonchev–Trinajstić information content (AvgIpc) is 3.58. The molecule has 1 saturated heterocycles. The first-order valence-corrected chi connectivity index (χ1v) is 24.5. The molecule has 0 bridgehead atoms. The van der Waals surface area contributed by atoms with E-state index in [0.29, 0.717) is 36.3 Å². The van der Waals surface area contributed by atoms with Crippen LogP contribution < -0.4 is 0 Å². The largest absolute Gasteiger partial charge is 0.444 e. The summed E-state index contributed by atoms with van der Waals surface area (Å²) >= 11 is 0. The van der Waals surface area contributed by atoms with Gasteiger partial charge in [-0.15, -0.1) is 5.54 Å². The van der Waals surface area contributed by atoms with Crippen molar-refractivity contribution in [1.29, 1.82) is 0 Å². The molecule has 1 atom stereocenters. The van der Waals surface area contributed by atoms with E-state index in [1.165, 1.54) is 0 Å². The number of hydrogen-bond acceptors (Lipinski definition) is 6. The zero-order chi connectivity index (χ0) is 38.8. The minimum Gasteiger partial charge on any atom is -0.444 e. The summed E-state index contributed by atoms with van der Waals surface area (Å²) in [5, 5.41) is 10.9. The summed E-state index contributed by atoms with van der Waals surface area (Å²) in [6, 6.07) is 6.48. The van der Waals surface area contributed by atoms with E-state index in [-0.39, 0.29) is 17.4 Å². The molecule has 11 heteroatoms. The van der Waals surface area contributed by atoms with Gasteiger partial charge in [0, 0.05) is 31.1 Å². The molecule has 9 nitrogen and oxygen atoms in total. The van der Waals surface area contributed by atoms with Gasteiger partial charge in [-0.1, -0.05) is 74.3 Å². The fraction of sp³-hybridized carbons (Fsp3) is 0.683. The number of carbonyl (C=O) groups excluding carboxylic acids is 1. The minimum absolute atomic E-state index is 0.0692. The van der Waals surface area contributed by atoms with Gasteiger partial charge in [0.15, 0.2) is 14.5 Å². The topological polar surface area (TPSA) is 83.6 Å². The third-order valence-electron chi connectivity index (χ3n) is 11.4. The third kappa shape index (κ3) is 9.23. The van der Waals surface area contributed by atoms with Gasteiger partial charge in [0.05, 0.1) is 30.6 Å². The molecular weight excluding hydrogens is 683 g/mol. The molecule has 3 heterocycles. The number of nitrogens with zero attached hydrogens (tertiary/aromatic N) is 5. The second kappa shape index (κ2) is 16.2. The molecule has 0 radical (unpaired) electrons. The van der Waals surface area contributed by atoms with Gasteiger partial charge in [0.1, 0.15) is 19.4 Å². The molecule has 1 aromatic carbocycles. The maximum absolute atomic E-state index is 13.7. The molecule has 1 fully saturated rings. The van der Waals surface area contributed by atoms with Crippen LogP contribution in [0.4, 0.5) is 4.79 Å². The van der Waals surface area contributed by atoms with E-state index in [4.69, 9.17) is 19.0 Å². The van der Waals surface area contributed by atoms with Crippen molar-refractivity contribution < 1.29 is 18.7 Å². The van der Waals surface area contributed by atoms with E-state index in [1.54, 1.807) is 4.90 Å². The molecule has 0 saturated carbocycles. The fourth-order valence-corrected chi connectivity index (χ4v) is 13.6. The molecule has 1 amide bonds. The highest BCUT2D eigenvalue weighted by atomic mass is 28.4. The lowest BCUT2D eigenvalue weighted by molar-refractivity contribution is -0.0367. The molecule has 1 unspecified atom stereocenters. The van der Waals surface area contributed by atoms with Crippen molar-refractivity contribution in [3.8, 4) is 22.6 Å². The van der Waals surface area contributed by atoms with E-state index in [1.807, 2.05) is 38.7 Å². The highest BCUT2D eigenvalue weighted by Crippen LogP contribution is 2.41. The number of benzene rings is 1. The number of rotatable bonds is 11. The summed E-state index contributed by atoms with van der Waals surface area (Å²) in [5.74, 6) is 3.67. The number of aromatic nitrogens is 4. The Morgan fingerprint density at radius 3 is 2.25 bits per heavy atom. The van der Waals surface area contributed by atoms with Gasteiger partial charge in [-0.2, -0.15) is 10.2 Å². The Labute approximate surface area is 316 Å². The molecule has 1 aliphatic rings. The first-order valence-electron chi connectivity index (χ1n) is 19.4. The lowest BCUT2D eigenvalue weighted by atomic mass is 10.0. The maximum Gasteiger partial charge on any atom is 0.410 e. The Balaban J connectivity index is 1.79. The first-order chi connectivity index (χ1) is 24.1. The molecule has 4 rings (SSSR count). The van der Waals surface area contributed by atoms with Crippen LogP contribution in [0.2, 0.25) is 34.8 Å². The van der Waals surface area contributed by atoms with Crippen LogP contribution >= 0.6 is 0 Å². The molecule has 0 aliphatic carbocycles. The van der Waals surface area contributed by atoms with Gasteiger partial charge < -0.3 is 18.8 Å². The van der Waals surface area contributed by atoms with Crippen LogP contribution in [0.5, 0.6) is 0 Å². The summed E-state index contributed by atoms with van der Waals surface area (Å²) in [6.07, 6.45) is 4.54. The van der Waals surface area contributed by atoms with Crippen molar-refractivity contribution >= 4 is 33.4 Å². The normalized spacial score (nSPS) is 16.2. The zero-order valence-corrected chi connectivity index (χ0v) is 36.9. The van der Waals surface area contributed by atoms with Crippen LogP contribution in [-0.4, -0.2) is 72.3 Å². The second-order valence-electron chi connectivity index (χ2n) is 18.1. The monoisotopic (exact) mass is 749 g/mol. The van der Waals surface area contributed by atoms with Crippen LogP contribution in [0, 0.1) is 11.5 Å². The Bertz CT molecular complexity index is 1720. The highest BCUT2D eigenvalue weighted by Gasteiger charge is 2.42. The minimum atomic E-state index is -2.01. The standard InChI is InChI=1S/C41H67N5O4Si2/c1-29(2)52(30(3)4,31(5)6)25-21-35-33-26-32(19-20-36(33)46(43-35)38-18-16-17-23-48-38)34-27-42-44(13)37(34)28-45(39(47)50-40(7,8)9)22-24-49-51(14,15)41(10,11)12/h19-20,26-27,29-31,38H,16-18,22-24,28H2,1-15H3. The van der Waals surface area contributed by atoms with E-state index in [2.05, 4.69) is 115 Å². The van der Waals surface area contributed by atoms with Gasteiger partial charge in [-0.25, -0.2) is 9.48 Å². The Morgan fingerprint density at radius 2 is 1.69 bits per heavy atom. The SMILES string of the molecule is CC(C)[Si](C#Cc1nn(C2CCCCO2)c2ccc(-c3cnn(C)c3CN(CCO[Si](C)(C)C(C)(C)C)C(=O)OC(C)(C)C)cc12)(C(C)C)C(C)C. The maximum atomic E-state index is 13.7. The lowest BCUT2D eigenvalue weighted by Crippen LogP contribution is -2.44. The molecule has 2 aromatic heterocycles. The number of carbonyl (C=O) groups is 1. The van der Waals surface area contributed by atoms with Crippen LogP contribution in [0.3, 0.4) is 0 Å². The number of amides is 1. The quantitative estimate of drug-likeness (QED) is 0.143. The lowest BCUT2D eigenvalue weighted by Gasteiger charge is -2.38. The summed E-state index contributed by atoms with van der Waals surface area (Å²) < 4.78 is 22.6. The average molecular weight is 750 g/mol. The molecule has 0 N–H and O–H groups in total. The molecular formula is C41H67N5O4Si2. The van der Waals surface area contributed by atoms with Crippen molar-refractivity contribution in [2.24, 2.45) is 7.05 Å². The van der Waals surface area contributed by atoms with E-state index < -0.39 is 22.0 Å². The molecule has 52 heavy (non-hydrogen) atoms. The highest BCUT2D eigenvalue weighted by molar-refractivity contribution is 6.90. The van der Waals surface area contributed by atoms with Crippen LogP contribution in [0.15, 0.2) is 24.4 Å². The summed E-state index contributed by atoms with van der Waals surface area (Å²) in [6.45, 7) is 32.8. The predicted octanol–water partition coefficient (Wildman–Crippen LogP) is 10.5. The van der Waals surface area contributed by atoms with Crippen molar-refractivity contribution in [2.45, 2.75) is 155 Å². The summed E-state index contributed by atoms with van der Waals surface area (Å²) in [5.41, 5.74) is 9.54. The number of hydrogen-bond donors (Lipinski definition) is 0. The van der Waals surface area contributed by atoms with Crippen LogP contribution in [0.25, 0.3) is 22.0 Å². The van der Waals surface area contributed by atoms with E-state index >= 15 is 0 Å². The number of ether oxygens (including phenoxy) is 2. The Morgan fingerprint density at radius 1 is 1.04 bits per heavy atom. The van der Waals surface area contributed by atoms with Gasteiger partial charge in [0.2, 0.25) is 0 Å². The molecule has 1 aliphatic heterocycles. The first kappa shape index (κ1) is 41.8. The Kier molecular flexibility index (Phi) is 13.0. The van der Waals surface area contributed by atoms with Crippen molar-refractivity contribution in [1.82, 2.24) is 24.5 Å². The number of aryl methyl sites for hydroxylation is 1. The predicted molar refractivity (Wildman–Crippen MR) is 218 cm³/mol. The van der Waals surface area contributed by atoms with Crippen molar-refractivity contribution in [3.05, 3.63) is 35.8 Å². The van der Waals surface area contributed by atoms with Gasteiger partial charge >= 0.3 is 6.09 Å². The molecule has 3 aromatic rings. The van der Waals surface area contributed by atoms with E-state index in [0.717, 1.165) is 59.3 Å². The smallest absolute Gasteiger partial charge is 0.410 e. The Hall–Kier alpha value is -2.92. The third-order valence-corrected chi connectivity index (χ3v) is 22.2. The van der Waals surface area contributed by atoms with Gasteiger partial charge in [-0.05, 0) is 92.5 Å². The van der Waals surface area contributed by atoms with Crippen molar-refractivity contribution in [3.63, 3.8) is 0 Å². The van der Waals surface area contributed by atoms with Crippen LogP contribution in [0.1, 0.15) is 120 Å². The zero-order valence-electron chi connectivity index (χ0n) is 34.9. The summed E-state index contributed by atoms with van der Waals surface area (Å²) in [4.78, 5) is 15.4. The fourth-order valence-electron chi connectivity index (χ4n) is 7.40. The van der Waals surface area contributed by atoms with E-state index in [9.17, 15) is 4.79 Å². The van der Waals surface area contributed by atoms with Crippen LogP contribution in [-0.2, 0) is 27.5 Å². The van der Waals surface area contributed by atoms with Gasteiger partial charge in [0.25, 0.3) is 0 Å². The van der Waals surface area contributed by atoms with Gasteiger partial charge in [-0.3, -0.25) is 4.68 Å². The molecule has 288 valence electrons. The number of fused-ring (bicyclic) bond motifs is 1. The molecule has 0 spiro atoms. The van der Waals surface area contributed by atoms with Crippen molar-refractivity contribution in [2.75, 3.05) is 19.8 Å². The second-order valence-corrected chi connectivity index (χ2v) is 28.5.